The molecule has 0 spiro atoms. The molecule has 1 unspecified atom stereocenters. The molecule has 0 saturated carbocycles. The van der Waals surface area contributed by atoms with Crippen LogP contribution in [-0.4, -0.2) is 45.3 Å². The van der Waals surface area contributed by atoms with Gasteiger partial charge in [-0.25, -0.2) is 9.89 Å². The van der Waals surface area contributed by atoms with Gasteiger partial charge in [0.05, 0.1) is 12.4 Å². The first-order chi connectivity index (χ1) is 8.04. The van der Waals surface area contributed by atoms with Gasteiger partial charge in [-0.2, -0.15) is 0 Å². The highest BCUT2D eigenvalue weighted by Crippen LogP contribution is 2.14. The normalized spacial score (nSPS) is 12.6. The Hall–Kier alpha value is -1.28. The number of rotatable bonds is 7. The van der Waals surface area contributed by atoms with Crippen molar-refractivity contribution in [2.45, 2.75) is 18.6 Å². The topological polar surface area (TPSA) is 97.2 Å². The lowest BCUT2D eigenvalue weighted by Gasteiger charge is -2.11. The van der Waals surface area contributed by atoms with Crippen molar-refractivity contribution in [2.24, 2.45) is 5.92 Å². The molecule has 0 amide bonds. The molecule has 0 aromatic carbocycles. The van der Waals surface area contributed by atoms with E-state index < -0.39 is 5.97 Å². The lowest BCUT2D eigenvalue weighted by atomic mass is 10.2. The van der Waals surface area contributed by atoms with Crippen molar-refractivity contribution in [3.8, 4) is 0 Å². The van der Waals surface area contributed by atoms with E-state index in [2.05, 4.69) is 10.2 Å². The van der Waals surface area contributed by atoms with Crippen LogP contribution in [0.4, 0.5) is 0 Å². The number of aliphatic carboxylic acids is 1. The zero-order chi connectivity index (χ0) is 12.8. The average Bonchev–Trinajstić information content (AvgIpc) is 2.58. The molecule has 2 N–H and O–H groups in total. The maximum atomic E-state index is 11.5. The second-order valence-corrected chi connectivity index (χ2v) is 4.61. The Labute approximate surface area is 102 Å². The van der Waals surface area contributed by atoms with E-state index in [4.69, 9.17) is 9.84 Å². The second kappa shape index (κ2) is 6.45. The molecule has 0 bridgehead atoms. The number of thioether (sulfide) groups is 1. The SMILES string of the molecule is COCC(C)Cn1c(SCC(=O)O)n[nH]c1=O. The third-order valence-electron chi connectivity index (χ3n) is 1.99. The molecule has 1 atom stereocenters. The minimum Gasteiger partial charge on any atom is -0.481 e. The summed E-state index contributed by atoms with van der Waals surface area (Å²) in [6.45, 7) is 2.92. The first-order valence-corrected chi connectivity index (χ1v) is 6.02. The van der Waals surface area contributed by atoms with E-state index in [0.29, 0.717) is 18.3 Å². The Morgan fingerprint density at radius 2 is 2.41 bits per heavy atom. The van der Waals surface area contributed by atoms with Crippen molar-refractivity contribution in [1.82, 2.24) is 14.8 Å². The molecule has 1 aromatic heterocycles. The molecule has 8 heteroatoms. The Balaban J connectivity index is 2.72. The number of carboxylic acids is 1. The van der Waals surface area contributed by atoms with Gasteiger partial charge in [0, 0.05) is 13.7 Å². The smallest absolute Gasteiger partial charge is 0.343 e. The minimum absolute atomic E-state index is 0.122. The van der Waals surface area contributed by atoms with E-state index >= 15 is 0 Å². The van der Waals surface area contributed by atoms with Crippen LogP contribution in [0.2, 0.25) is 0 Å². The number of carboxylic acid groups (broad SMARTS) is 1. The van der Waals surface area contributed by atoms with Crippen molar-refractivity contribution in [2.75, 3.05) is 19.5 Å². The van der Waals surface area contributed by atoms with E-state index in [1.807, 2.05) is 6.92 Å². The monoisotopic (exact) mass is 261 g/mol. The van der Waals surface area contributed by atoms with E-state index in [1.165, 1.54) is 4.57 Å². The van der Waals surface area contributed by atoms with Crippen molar-refractivity contribution >= 4 is 17.7 Å². The van der Waals surface area contributed by atoms with Crippen LogP contribution in [0, 0.1) is 5.92 Å². The summed E-state index contributed by atoms with van der Waals surface area (Å²) in [6, 6.07) is 0. The minimum atomic E-state index is -0.943. The number of hydrogen-bond acceptors (Lipinski definition) is 5. The molecule has 0 saturated heterocycles. The molecule has 0 aliphatic rings. The maximum Gasteiger partial charge on any atom is 0.343 e. The van der Waals surface area contributed by atoms with E-state index in [0.717, 1.165) is 11.8 Å². The Morgan fingerprint density at radius 1 is 1.71 bits per heavy atom. The summed E-state index contributed by atoms with van der Waals surface area (Å²) >= 11 is 1.02. The summed E-state index contributed by atoms with van der Waals surface area (Å²) in [5.74, 6) is -0.912. The zero-order valence-electron chi connectivity index (χ0n) is 9.67. The van der Waals surface area contributed by atoms with Crippen LogP contribution in [0.15, 0.2) is 9.95 Å². The number of hydrogen-bond donors (Lipinski definition) is 2. The molecule has 17 heavy (non-hydrogen) atoms. The van der Waals surface area contributed by atoms with Crippen molar-refractivity contribution in [3.05, 3.63) is 10.5 Å². The summed E-state index contributed by atoms with van der Waals surface area (Å²) < 4.78 is 6.41. The summed E-state index contributed by atoms with van der Waals surface area (Å²) in [5.41, 5.74) is -0.333. The summed E-state index contributed by atoms with van der Waals surface area (Å²) in [7, 11) is 1.59. The van der Waals surface area contributed by atoms with E-state index in [-0.39, 0.29) is 17.4 Å². The zero-order valence-corrected chi connectivity index (χ0v) is 10.5. The lowest BCUT2D eigenvalue weighted by molar-refractivity contribution is -0.133. The first kappa shape index (κ1) is 13.8. The van der Waals surface area contributed by atoms with E-state index in [1.54, 1.807) is 7.11 Å². The van der Waals surface area contributed by atoms with E-state index in [9.17, 15) is 9.59 Å². The molecule has 0 fully saturated rings. The number of aromatic amines is 1. The molecule has 1 rings (SSSR count). The van der Waals surface area contributed by atoms with Gasteiger partial charge in [-0.3, -0.25) is 9.36 Å². The number of ether oxygens (including phenoxy) is 1. The van der Waals surface area contributed by atoms with Gasteiger partial charge >= 0.3 is 11.7 Å². The van der Waals surface area contributed by atoms with Gasteiger partial charge in [0.25, 0.3) is 0 Å². The van der Waals surface area contributed by atoms with Crippen molar-refractivity contribution < 1.29 is 14.6 Å². The molecule has 0 aliphatic heterocycles. The number of nitrogens with one attached hydrogen (secondary N) is 1. The fourth-order valence-electron chi connectivity index (χ4n) is 1.35. The van der Waals surface area contributed by atoms with Gasteiger partial charge in [0.15, 0.2) is 5.16 Å². The number of nitrogens with zero attached hydrogens (tertiary/aromatic N) is 2. The highest BCUT2D eigenvalue weighted by molar-refractivity contribution is 7.99. The third kappa shape index (κ3) is 4.23. The third-order valence-corrected chi connectivity index (χ3v) is 2.95. The number of aromatic nitrogens is 3. The van der Waals surface area contributed by atoms with Crippen LogP contribution < -0.4 is 5.69 Å². The maximum absolute atomic E-state index is 11.5. The molecular weight excluding hydrogens is 246 g/mol. The van der Waals surface area contributed by atoms with Gasteiger partial charge in [-0.05, 0) is 5.92 Å². The molecular formula is C9H15N3O4S. The molecule has 0 aliphatic carbocycles. The lowest BCUT2D eigenvalue weighted by Crippen LogP contribution is -2.23. The van der Waals surface area contributed by atoms with Crippen LogP contribution in [-0.2, 0) is 16.1 Å². The second-order valence-electron chi connectivity index (χ2n) is 3.66. The molecule has 1 heterocycles. The molecule has 1 aromatic rings. The quantitative estimate of drug-likeness (QED) is 0.672. The Kier molecular flexibility index (Phi) is 5.23. The largest absolute Gasteiger partial charge is 0.481 e. The number of methoxy groups -OCH3 is 1. The standard InChI is InChI=1S/C9H15N3O4S/c1-6(4-16-2)3-12-8(15)10-11-9(12)17-5-7(13)14/h6H,3-5H2,1-2H3,(H,10,15)(H,13,14). The highest BCUT2D eigenvalue weighted by atomic mass is 32.2. The average molecular weight is 261 g/mol. The van der Waals surface area contributed by atoms with Crippen LogP contribution in [0.25, 0.3) is 0 Å². The van der Waals surface area contributed by atoms with Crippen LogP contribution >= 0.6 is 11.8 Å². The molecule has 7 nitrogen and oxygen atoms in total. The molecule has 0 radical (unpaired) electrons. The fraction of sp³-hybridized carbons (Fsp3) is 0.667. The highest BCUT2D eigenvalue weighted by Gasteiger charge is 2.13. The van der Waals surface area contributed by atoms with Crippen molar-refractivity contribution in [3.63, 3.8) is 0 Å². The van der Waals surface area contributed by atoms with Crippen LogP contribution in [0.1, 0.15) is 6.92 Å². The van der Waals surface area contributed by atoms with Gasteiger partial charge < -0.3 is 9.84 Å². The van der Waals surface area contributed by atoms with Gasteiger partial charge in [0.1, 0.15) is 0 Å². The summed E-state index contributed by atoms with van der Waals surface area (Å²) in [6.07, 6.45) is 0. The number of H-pyrrole nitrogens is 1. The van der Waals surface area contributed by atoms with Crippen molar-refractivity contribution in [1.29, 1.82) is 0 Å². The number of carbonyl (C=O) groups is 1. The van der Waals surface area contributed by atoms with Crippen LogP contribution in [0.5, 0.6) is 0 Å². The fourth-order valence-corrected chi connectivity index (χ4v) is 2.03. The predicted molar refractivity (Wildman–Crippen MR) is 62.2 cm³/mol. The summed E-state index contributed by atoms with van der Waals surface area (Å²) in [5, 5.41) is 15.1. The predicted octanol–water partition coefficient (Wildman–Crippen LogP) is 0.0306. The molecule has 96 valence electrons. The Morgan fingerprint density at radius 3 is 3.00 bits per heavy atom. The van der Waals surface area contributed by atoms with Gasteiger partial charge in [-0.15, -0.1) is 5.10 Å². The van der Waals surface area contributed by atoms with Gasteiger partial charge in [-0.1, -0.05) is 18.7 Å². The Bertz CT molecular complexity index is 428. The van der Waals surface area contributed by atoms with Crippen LogP contribution in [0.3, 0.4) is 0 Å². The van der Waals surface area contributed by atoms with Gasteiger partial charge in [0.2, 0.25) is 0 Å². The first-order valence-electron chi connectivity index (χ1n) is 5.03. The summed E-state index contributed by atoms with van der Waals surface area (Å²) in [4.78, 5) is 21.9.